The maximum Gasteiger partial charge on any atom is 0.262 e. The van der Waals surface area contributed by atoms with Crippen molar-refractivity contribution in [2.75, 3.05) is 18.5 Å². The van der Waals surface area contributed by atoms with E-state index in [2.05, 4.69) is 19.2 Å². The van der Waals surface area contributed by atoms with Gasteiger partial charge in [-0.2, -0.15) is 0 Å². The number of benzene rings is 3. The Kier molecular flexibility index (Phi) is 6.21. The van der Waals surface area contributed by atoms with Crippen molar-refractivity contribution in [1.82, 2.24) is 5.32 Å². The molecule has 7 heteroatoms. The van der Waals surface area contributed by atoms with Crippen molar-refractivity contribution in [3.05, 3.63) is 87.2 Å². The predicted octanol–water partition coefficient (Wildman–Crippen LogP) is 6.49. The first kappa shape index (κ1) is 23.3. The van der Waals surface area contributed by atoms with E-state index in [1.165, 1.54) is 18.2 Å². The minimum atomic E-state index is -0.645. The van der Waals surface area contributed by atoms with Crippen LogP contribution in [0.4, 0.5) is 10.1 Å². The standard InChI is InChI=1S/C26H23Cl2FN2O2/c1-26(2)11-12-31(25(33)23-20(28)5-4-6-21(23)29)22-10-8-15(14-18(22)26)17-13-16(24(32)30-3)7-9-19(17)27/h4-10,13-14H,11-12H2,1-3H3,(H,30,32). The van der Waals surface area contributed by atoms with Crippen LogP contribution in [-0.2, 0) is 5.41 Å². The second kappa shape index (κ2) is 8.81. The Balaban J connectivity index is 1.82. The average molecular weight is 485 g/mol. The third-order valence-corrected chi connectivity index (χ3v) is 6.81. The molecular weight excluding hydrogens is 462 g/mol. The van der Waals surface area contributed by atoms with Crippen LogP contribution in [0.3, 0.4) is 0 Å². The van der Waals surface area contributed by atoms with Crippen LogP contribution in [0.15, 0.2) is 54.6 Å². The molecule has 0 unspecified atom stereocenters. The molecule has 1 N–H and O–H groups in total. The molecule has 0 aromatic heterocycles. The van der Waals surface area contributed by atoms with Gasteiger partial charge in [-0.25, -0.2) is 4.39 Å². The number of nitrogens with one attached hydrogen (secondary N) is 1. The predicted molar refractivity (Wildman–Crippen MR) is 131 cm³/mol. The van der Waals surface area contributed by atoms with Crippen molar-refractivity contribution in [3.8, 4) is 11.1 Å². The number of amides is 2. The molecule has 0 fully saturated rings. The fourth-order valence-corrected chi connectivity index (χ4v) is 4.68. The highest BCUT2D eigenvalue weighted by Gasteiger charge is 2.35. The van der Waals surface area contributed by atoms with E-state index < -0.39 is 11.7 Å². The van der Waals surface area contributed by atoms with Crippen LogP contribution in [0, 0.1) is 5.82 Å². The molecule has 0 saturated heterocycles. The molecule has 0 bridgehead atoms. The van der Waals surface area contributed by atoms with Gasteiger partial charge >= 0.3 is 0 Å². The van der Waals surface area contributed by atoms with Crippen molar-refractivity contribution in [1.29, 1.82) is 0 Å². The summed E-state index contributed by atoms with van der Waals surface area (Å²) >= 11 is 12.6. The molecule has 3 aromatic rings. The average Bonchev–Trinajstić information content (AvgIpc) is 2.78. The Labute approximate surface area is 202 Å². The minimum absolute atomic E-state index is 0.0841. The molecule has 170 valence electrons. The number of fused-ring (bicyclic) bond motifs is 1. The van der Waals surface area contributed by atoms with Crippen molar-refractivity contribution >= 4 is 40.7 Å². The molecule has 1 heterocycles. The third kappa shape index (κ3) is 4.23. The summed E-state index contributed by atoms with van der Waals surface area (Å²) in [5, 5.41) is 3.22. The Morgan fingerprint density at radius 2 is 1.79 bits per heavy atom. The smallest absolute Gasteiger partial charge is 0.262 e. The maximum atomic E-state index is 14.5. The Morgan fingerprint density at radius 1 is 1.03 bits per heavy atom. The van der Waals surface area contributed by atoms with Gasteiger partial charge in [0.2, 0.25) is 0 Å². The van der Waals surface area contributed by atoms with E-state index >= 15 is 0 Å². The lowest BCUT2D eigenvalue weighted by atomic mass is 9.76. The van der Waals surface area contributed by atoms with E-state index in [1.807, 2.05) is 18.2 Å². The number of hydrogen-bond donors (Lipinski definition) is 1. The fourth-order valence-electron chi connectivity index (χ4n) is 4.21. The van der Waals surface area contributed by atoms with Gasteiger partial charge in [0, 0.05) is 35.4 Å². The zero-order valence-electron chi connectivity index (χ0n) is 18.5. The van der Waals surface area contributed by atoms with Gasteiger partial charge in [-0.15, -0.1) is 0 Å². The molecule has 33 heavy (non-hydrogen) atoms. The second-order valence-electron chi connectivity index (χ2n) is 8.69. The van der Waals surface area contributed by atoms with Crippen LogP contribution in [0.25, 0.3) is 11.1 Å². The first-order chi connectivity index (χ1) is 15.6. The number of nitrogens with zero attached hydrogens (tertiary/aromatic N) is 1. The molecule has 2 amide bonds. The topological polar surface area (TPSA) is 49.4 Å². The summed E-state index contributed by atoms with van der Waals surface area (Å²) in [5.74, 6) is -1.32. The van der Waals surface area contributed by atoms with Gasteiger partial charge in [-0.05, 0) is 65.4 Å². The molecule has 0 spiro atoms. The Morgan fingerprint density at radius 3 is 2.48 bits per heavy atom. The summed E-state index contributed by atoms with van der Waals surface area (Å²) in [6.07, 6.45) is 0.688. The van der Waals surface area contributed by atoms with Crippen LogP contribution in [-0.4, -0.2) is 25.4 Å². The van der Waals surface area contributed by atoms with Gasteiger partial charge in [0.25, 0.3) is 11.8 Å². The highest BCUT2D eigenvalue weighted by molar-refractivity contribution is 6.34. The minimum Gasteiger partial charge on any atom is -0.355 e. The number of carbonyl (C=O) groups excluding carboxylic acids is 2. The summed E-state index contributed by atoms with van der Waals surface area (Å²) in [7, 11) is 1.57. The molecule has 0 aliphatic carbocycles. The van der Waals surface area contributed by atoms with Gasteiger partial charge in [-0.1, -0.05) is 49.2 Å². The van der Waals surface area contributed by atoms with E-state index in [9.17, 15) is 14.0 Å². The number of rotatable bonds is 3. The summed E-state index contributed by atoms with van der Waals surface area (Å²) in [4.78, 5) is 27.0. The van der Waals surface area contributed by atoms with Crippen LogP contribution in [0.1, 0.15) is 46.5 Å². The van der Waals surface area contributed by atoms with E-state index in [0.717, 1.165) is 16.7 Å². The van der Waals surface area contributed by atoms with E-state index in [1.54, 1.807) is 30.1 Å². The second-order valence-corrected chi connectivity index (χ2v) is 9.51. The lowest BCUT2D eigenvalue weighted by Gasteiger charge is -2.39. The van der Waals surface area contributed by atoms with Crippen molar-refractivity contribution in [3.63, 3.8) is 0 Å². The summed E-state index contributed by atoms with van der Waals surface area (Å²) in [6.45, 7) is 4.65. The number of carbonyl (C=O) groups is 2. The summed E-state index contributed by atoms with van der Waals surface area (Å²) in [6, 6.07) is 15.0. The SMILES string of the molecule is CNC(=O)c1ccc(Cl)c(-c2ccc3c(c2)C(C)(C)CCN3C(=O)c2c(F)cccc2Cl)c1. The molecular formula is C26H23Cl2FN2O2. The van der Waals surface area contributed by atoms with Gasteiger partial charge in [0.05, 0.1) is 10.6 Å². The molecule has 4 nitrogen and oxygen atoms in total. The fraction of sp³-hybridized carbons (Fsp3) is 0.231. The normalized spacial score (nSPS) is 14.5. The molecule has 3 aromatic carbocycles. The number of anilines is 1. The molecule has 0 atom stereocenters. The van der Waals surface area contributed by atoms with Crippen LogP contribution >= 0.6 is 23.2 Å². The van der Waals surface area contributed by atoms with Crippen molar-refractivity contribution in [2.45, 2.75) is 25.7 Å². The first-order valence-corrected chi connectivity index (χ1v) is 11.3. The monoisotopic (exact) mass is 484 g/mol. The highest BCUT2D eigenvalue weighted by Crippen LogP contribution is 2.43. The molecule has 0 saturated carbocycles. The van der Waals surface area contributed by atoms with Crippen molar-refractivity contribution in [2.24, 2.45) is 0 Å². The van der Waals surface area contributed by atoms with Gasteiger partial charge in [0.15, 0.2) is 0 Å². The first-order valence-electron chi connectivity index (χ1n) is 10.6. The van der Waals surface area contributed by atoms with Gasteiger partial charge in [-0.3, -0.25) is 9.59 Å². The maximum absolute atomic E-state index is 14.5. The highest BCUT2D eigenvalue weighted by atomic mass is 35.5. The summed E-state index contributed by atoms with van der Waals surface area (Å²) in [5.41, 5.74) is 3.33. The van der Waals surface area contributed by atoms with Crippen LogP contribution in [0.5, 0.6) is 0 Å². The quantitative estimate of drug-likeness (QED) is 0.461. The largest absolute Gasteiger partial charge is 0.355 e. The zero-order valence-corrected chi connectivity index (χ0v) is 20.0. The molecule has 0 radical (unpaired) electrons. The lowest BCUT2D eigenvalue weighted by Crippen LogP contribution is -2.41. The zero-order chi connectivity index (χ0) is 23.9. The van der Waals surface area contributed by atoms with E-state index in [0.29, 0.717) is 29.2 Å². The van der Waals surface area contributed by atoms with Gasteiger partial charge in [0.1, 0.15) is 5.82 Å². The van der Waals surface area contributed by atoms with Crippen LogP contribution in [0.2, 0.25) is 10.0 Å². The number of hydrogen-bond acceptors (Lipinski definition) is 2. The lowest BCUT2D eigenvalue weighted by molar-refractivity contribution is 0.0959. The number of halogens is 3. The van der Waals surface area contributed by atoms with Crippen molar-refractivity contribution < 1.29 is 14.0 Å². The third-order valence-electron chi connectivity index (χ3n) is 6.17. The van der Waals surface area contributed by atoms with Crippen LogP contribution < -0.4 is 10.2 Å². The van der Waals surface area contributed by atoms with E-state index in [4.69, 9.17) is 23.2 Å². The summed E-state index contributed by atoms with van der Waals surface area (Å²) < 4.78 is 14.5. The Hall–Kier alpha value is -2.89. The van der Waals surface area contributed by atoms with Gasteiger partial charge < -0.3 is 10.2 Å². The molecule has 4 rings (SSSR count). The molecule has 1 aliphatic rings. The Bertz CT molecular complexity index is 1250. The van der Waals surface area contributed by atoms with E-state index in [-0.39, 0.29) is 21.9 Å². The molecule has 1 aliphatic heterocycles.